The van der Waals surface area contributed by atoms with Gasteiger partial charge in [-0.3, -0.25) is 9.13 Å². The Hall–Kier alpha value is -1.55. The molecule has 1 N–H and O–H groups in total. The number of nitrogens with zero attached hydrogens (tertiary/aromatic N) is 2. The first kappa shape index (κ1) is 11.9. The molecule has 1 aromatic heterocycles. The Labute approximate surface area is 100 Å². The van der Waals surface area contributed by atoms with Crippen LogP contribution >= 0.6 is 0 Å². The van der Waals surface area contributed by atoms with Gasteiger partial charge in [-0.2, -0.15) is 0 Å². The van der Waals surface area contributed by atoms with Gasteiger partial charge in [-0.1, -0.05) is 12.1 Å². The van der Waals surface area contributed by atoms with E-state index >= 15 is 0 Å². The predicted molar refractivity (Wildman–Crippen MR) is 68.1 cm³/mol. The van der Waals surface area contributed by atoms with E-state index in [9.17, 15) is 4.79 Å². The smallest absolute Gasteiger partial charge is 0.328 e. The van der Waals surface area contributed by atoms with Crippen molar-refractivity contribution in [2.45, 2.75) is 25.8 Å². The van der Waals surface area contributed by atoms with Gasteiger partial charge in [-0.25, -0.2) is 4.79 Å². The van der Waals surface area contributed by atoms with E-state index in [4.69, 9.17) is 5.11 Å². The average molecular weight is 234 g/mol. The van der Waals surface area contributed by atoms with Crippen LogP contribution in [0.3, 0.4) is 0 Å². The Morgan fingerprint density at radius 1 is 1.12 bits per heavy atom. The molecule has 2 aromatic rings. The van der Waals surface area contributed by atoms with E-state index in [0.717, 1.165) is 36.8 Å². The van der Waals surface area contributed by atoms with Crippen LogP contribution in [0.25, 0.3) is 11.0 Å². The standard InChI is InChI=1S/C13H18N2O2/c1-14-11-7-3-4-8-12(11)15(13(14)17)9-5-2-6-10-16/h3-4,7-8,16H,2,5-6,9-10H2,1H3. The summed E-state index contributed by atoms with van der Waals surface area (Å²) < 4.78 is 3.49. The summed E-state index contributed by atoms with van der Waals surface area (Å²) >= 11 is 0. The minimum atomic E-state index is 0.0372. The normalized spacial score (nSPS) is 11.2. The van der Waals surface area contributed by atoms with Gasteiger partial charge in [0.15, 0.2) is 0 Å². The van der Waals surface area contributed by atoms with Crippen LogP contribution in [0.2, 0.25) is 0 Å². The second-order valence-corrected chi connectivity index (χ2v) is 4.27. The number of imidazole rings is 1. The summed E-state index contributed by atoms with van der Waals surface area (Å²) in [7, 11) is 1.80. The quantitative estimate of drug-likeness (QED) is 0.797. The molecule has 0 amide bonds. The SMILES string of the molecule is Cn1c(=O)n(CCCCCO)c2ccccc21. The molecule has 0 aliphatic carbocycles. The molecule has 0 fully saturated rings. The number of unbranched alkanes of at least 4 members (excludes halogenated alkanes) is 2. The van der Waals surface area contributed by atoms with Crippen molar-refractivity contribution in [1.82, 2.24) is 9.13 Å². The van der Waals surface area contributed by atoms with Crippen molar-refractivity contribution in [3.05, 3.63) is 34.7 Å². The van der Waals surface area contributed by atoms with Crippen molar-refractivity contribution in [2.75, 3.05) is 6.61 Å². The summed E-state index contributed by atoms with van der Waals surface area (Å²) in [5.41, 5.74) is 2.00. The van der Waals surface area contributed by atoms with Gasteiger partial charge in [0.05, 0.1) is 11.0 Å². The van der Waals surface area contributed by atoms with Crippen molar-refractivity contribution >= 4 is 11.0 Å². The van der Waals surface area contributed by atoms with Crippen LogP contribution in [-0.2, 0) is 13.6 Å². The number of benzene rings is 1. The zero-order valence-corrected chi connectivity index (χ0v) is 10.1. The lowest BCUT2D eigenvalue weighted by molar-refractivity contribution is 0.282. The predicted octanol–water partition coefficient (Wildman–Crippen LogP) is 1.50. The summed E-state index contributed by atoms with van der Waals surface area (Å²) in [5.74, 6) is 0. The van der Waals surface area contributed by atoms with E-state index in [1.54, 1.807) is 11.6 Å². The number of para-hydroxylation sites is 2. The van der Waals surface area contributed by atoms with E-state index < -0.39 is 0 Å². The Morgan fingerprint density at radius 3 is 2.53 bits per heavy atom. The highest BCUT2D eigenvalue weighted by Gasteiger charge is 2.08. The van der Waals surface area contributed by atoms with Gasteiger partial charge < -0.3 is 5.11 Å². The molecular formula is C13H18N2O2. The van der Waals surface area contributed by atoms with E-state index in [0.29, 0.717) is 0 Å². The number of rotatable bonds is 5. The molecule has 0 unspecified atom stereocenters. The highest BCUT2D eigenvalue weighted by molar-refractivity contribution is 5.75. The molecule has 0 aliphatic rings. The summed E-state index contributed by atoms with van der Waals surface area (Å²) in [5, 5.41) is 8.72. The lowest BCUT2D eigenvalue weighted by atomic mass is 10.2. The minimum Gasteiger partial charge on any atom is -0.396 e. The fourth-order valence-electron chi connectivity index (χ4n) is 2.14. The van der Waals surface area contributed by atoms with Gasteiger partial charge in [-0.15, -0.1) is 0 Å². The van der Waals surface area contributed by atoms with Gasteiger partial charge in [0.1, 0.15) is 0 Å². The molecule has 4 nitrogen and oxygen atoms in total. The maximum Gasteiger partial charge on any atom is 0.328 e. The molecule has 0 saturated heterocycles. The molecule has 1 aromatic carbocycles. The lowest BCUT2D eigenvalue weighted by Gasteiger charge is -2.02. The molecule has 0 bridgehead atoms. The van der Waals surface area contributed by atoms with Gasteiger partial charge >= 0.3 is 5.69 Å². The third kappa shape index (κ3) is 2.26. The van der Waals surface area contributed by atoms with E-state index in [1.165, 1.54) is 0 Å². The molecule has 17 heavy (non-hydrogen) atoms. The summed E-state index contributed by atoms with van der Waals surface area (Å²) in [6.07, 6.45) is 2.68. The minimum absolute atomic E-state index is 0.0372. The highest BCUT2D eigenvalue weighted by atomic mass is 16.2. The Morgan fingerprint density at radius 2 is 1.82 bits per heavy atom. The molecule has 4 heteroatoms. The van der Waals surface area contributed by atoms with Crippen LogP contribution in [0.4, 0.5) is 0 Å². The number of aromatic nitrogens is 2. The van der Waals surface area contributed by atoms with E-state index in [-0.39, 0.29) is 12.3 Å². The maximum absolute atomic E-state index is 12.0. The van der Waals surface area contributed by atoms with Crippen LogP contribution in [-0.4, -0.2) is 20.8 Å². The molecule has 92 valence electrons. The highest BCUT2D eigenvalue weighted by Crippen LogP contribution is 2.12. The van der Waals surface area contributed by atoms with Gasteiger partial charge in [-0.05, 0) is 31.4 Å². The van der Waals surface area contributed by atoms with Crippen molar-refractivity contribution in [1.29, 1.82) is 0 Å². The molecular weight excluding hydrogens is 216 g/mol. The summed E-state index contributed by atoms with van der Waals surface area (Å²) in [4.78, 5) is 12.0. The zero-order valence-electron chi connectivity index (χ0n) is 10.1. The van der Waals surface area contributed by atoms with Gasteiger partial charge in [0.2, 0.25) is 0 Å². The number of aliphatic hydroxyl groups excluding tert-OH is 1. The van der Waals surface area contributed by atoms with Crippen molar-refractivity contribution in [2.24, 2.45) is 7.05 Å². The fraction of sp³-hybridized carbons (Fsp3) is 0.462. The Bertz CT molecular complexity index is 554. The Kier molecular flexibility index (Phi) is 3.64. The number of hydrogen-bond acceptors (Lipinski definition) is 2. The number of aryl methyl sites for hydroxylation is 2. The first-order chi connectivity index (χ1) is 8.25. The topological polar surface area (TPSA) is 47.2 Å². The van der Waals surface area contributed by atoms with Crippen molar-refractivity contribution < 1.29 is 5.11 Å². The van der Waals surface area contributed by atoms with Crippen LogP contribution in [0.1, 0.15) is 19.3 Å². The first-order valence-electron chi connectivity index (χ1n) is 6.01. The largest absolute Gasteiger partial charge is 0.396 e. The molecule has 0 atom stereocenters. The monoisotopic (exact) mass is 234 g/mol. The van der Waals surface area contributed by atoms with E-state index in [2.05, 4.69) is 0 Å². The Balaban J connectivity index is 2.27. The van der Waals surface area contributed by atoms with Crippen molar-refractivity contribution in [3.63, 3.8) is 0 Å². The van der Waals surface area contributed by atoms with E-state index in [1.807, 2.05) is 28.8 Å². The molecule has 0 radical (unpaired) electrons. The molecule has 2 rings (SSSR count). The second kappa shape index (κ2) is 5.19. The molecule has 0 spiro atoms. The molecule has 1 heterocycles. The van der Waals surface area contributed by atoms with Gasteiger partial charge in [0, 0.05) is 20.2 Å². The van der Waals surface area contributed by atoms with Crippen LogP contribution in [0.15, 0.2) is 29.1 Å². The maximum atomic E-state index is 12.0. The third-order valence-electron chi connectivity index (χ3n) is 3.09. The van der Waals surface area contributed by atoms with Crippen LogP contribution in [0, 0.1) is 0 Å². The number of fused-ring (bicyclic) bond motifs is 1. The van der Waals surface area contributed by atoms with Crippen molar-refractivity contribution in [3.8, 4) is 0 Å². The second-order valence-electron chi connectivity index (χ2n) is 4.27. The zero-order chi connectivity index (χ0) is 12.3. The average Bonchev–Trinajstić information content (AvgIpc) is 2.60. The number of aliphatic hydroxyl groups is 1. The fourth-order valence-corrected chi connectivity index (χ4v) is 2.14. The van der Waals surface area contributed by atoms with Gasteiger partial charge in [0.25, 0.3) is 0 Å². The third-order valence-corrected chi connectivity index (χ3v) is 3.09. The molecule has 0 aliphatic heterocycles. The first-order valence-corrected chi connectivity index (χ1v) is 6.01. The number of hydrogen-bond donors (Lipinski definition) is 1. The van der Waals surface area contributed by atoms with Crippen LogP contribution < -0.4 is 5.69 Å². The van der Waals surface area contributed by atoms with Crippen LogP contribution in [0.5, 0.6) is 0 Å². The lowest BCUT2D eigenvalue weighted by Crippen LogP contribution is -2.22. The molecule has 0 saturated carbocycles. The summed E-state index contributed by atoms with van der Waals surface area (Å²) in [6.45, 7) is 0.949. The summed E-state index contributed by atoms with van der Waals surface area (Å²) in [6, 6.07) is 7.83.